The number of carbonyl (C=O) groups is 1. The van der Waals surface area contributed by atoms with E-state index in [4.69, 9.17) is 10.2 Å². The van der Waals surface area contributed by atoms with Crippen molar-refractivity contribution in [1.29, 1.82) is 0 Å². The number of nitrogens with two attached hydrogens (primary N) is 1. The first-order valence-corrected chi connectivity index (χ1v) is 12.9. The predicted molar refractivity (Wildman–Crippen MR) is 129 cm³/mol. The van der Waals surface area contributed by atoms with Crippen LogP contribution in [0.25, 0.3) is 16.4 Å². The molecule has 0 aliphatic carbocycles. The van der Waals surface area contributed by atoms with Gasteiger partial charge >= 0.3 is 5.97 Å². The molecule has 0 bridgehead atoms. The zero-order valence-electron chi connectivity index (χ0n) is 18.4. The van der Waals surface area contributed by atoms with Crippen LogP contribution >= 0.6 is 11.3 Å². The van der Waals surface area contributed by atoms with Crippen molar-refractivity contribution in [3.8, 4) is 16.4 Å². The van der Waals surface area contributed by atoms with E-state index < -0.39 is 16.0 Å². The number of nitrogens with zero attached hydrogens (tertiary/aromatic N) is 6. The molecule has 4 N–H and O–H groups in total. The summed E-state index contributed by atoms with van der Waals surface area (Å²) in [6.45, 7) is 0. The average molecular weight is 523 g/mol. The number of aromatic nitrogens is 7. The number of benzene rings is 2. The maximum absolute atomic E-state index is 11.7. The monoisotopic (exact) mass is 522 g/mol. The lowest BCUT2D eigenvalue weighted by atomic mass is 9.98. The number of hydrogen-bond acceptors (Lipinski definition) is 9. The Balaban J connectivity index is 1.68. The number of H-pyrrole nitrogens is 1. The van der Waals surface area contributed by atoms with Crippen LogP contribution in [-0.2, 0) is 22.9 Å². The van der Waals surface area contributed by atoms with Crippen molar-refractivity contribution in [2.24, 2.45) is 5.14 Å². The summed E-state index contributed by atoms with van der Waals surface area (Å²) in [5.41, 5.74) is 3.78. The molecule has 0 fully saturated rings. The maximum atomic E-state index is 11.7. The number of primary sulfonamides is 1. The fraction of sp³-hybridized carbons (Fsp3) is 0.0909. The highest BCUT2D eigenvalue weighted by Crippen LogP contribution is 2.32. The summed E-state index contributed by atoms with van der Waals surface area (Å²) in [6.07, 6.45) is 0.655. The van der Waals surface area contributed by atoms with Crippen LogP contribution in [0.5, 0.6) is 0 Å². The molecule has 0 unspecified atom stereocenters. The molecule has 3 aromatic heterocycles. The molecule has 0 saturated carbocycles. The number of tetrazole rings is 1. The number of nitrogens with one attached hydrogen (secondary N) is 1. The number of carboxylic acids is 1. The number of sulfonamides is 1. The molecule has 3 heterocycles. The summed E-state index contributed by atoms with van der Waals surface area (Å²) in [4.78, 5) is 15.7. The van der Waals surface area contributed by atoms with E-state index in [0.29, 0.717) is 28.8 Å². The van der Waals surface area contributed by atoms with Gasteiger partial charge in [-0.2, -0.15) is 5.10 Å². The Morgan fingerprint density at radius 3 is 2.44 bits per heavy atom. The number of aromatic amines is 1. The number of carboxylic acid groups (broad SMARTS) is 1. The lowest BCUT2D eigenvalue weighted by Crippen LogP contribution is -2.12. The van der Waals surface area contributed by atoms with Gasteiger partial charge in [-0.05, 0) is 28.1 Å². The molecule has 182 valence electrons. The van der Waals surface area contributed by atoms with Gasteiger partial charge in [0.05, 0.1) is 22.7 Å². The smallest absolute Gasteiger partial charge is 0.355 e. The fourth-order valence-corrected chi connectivity index (χ4v) is 5.00. The number of rotatable bonds is 8. The molecule has 5 rings (SSSR count). The van der Waals surface area contributed by atoms with Crippen LogP contribution in [0.2, 0.25) is 0 Å². The van der Waals surface area contributed by atoms with Gasteiger partial charge in [0.2, 0.25) is 15.2 Å². The van der Waals surface area contributed by atoms with Gasteiger partial charge in [0, 0.05) is 22.9 Å². The first kappa shape index (κ1) is 23.5. The Morgan fingerprint density at radius 2 is 1.83 bits per heavy atom. The van der Waals surface area contributed by atoms with E-state index in [-0.39, 0.29) is 17.0 Å². The zero-order chi connectivity index (χ0) is 25.3. The number of aromatic carboxylic acids is 1. The minimum atomic E-state index is -3.82. The summed E-state index contributed by atoms with van der Waals surface area (Å²) >= 11 is 1.15. The summed E-state index contributed by atoms with van der Waals surface area (Å²) < 4.78 is 25.0. The van der Waals surface area contributed by atoms with Crippen molar-refractivity contribution in [2.75, 3.05) is 0 Å². The second kappa shape index (κ2) is 9.41. The summed E-state index contributed by atoms with van der Waals surface area (Å²) in [7, 11) is -3.82. The highest BCUT2D eigenvalue weighted by atomic mass is 32.2. The van der Waals surface area contributed by atoms with E-state index in [1.54, 1.807) is 16.8 Å². The van der Waals surface area contributed by atoms with Crippen LogP contribution in [0, 0.1) is 0 Å². The van der Waals surface area contributed by atoms with Crippen molar-refractivity contribution in [3.63, 3.8) is 0 Å². The summed E-state index contributed by atoms with van der Waals surface area (Å²) in [6, 6.07) is 15.8. The minimum absolute atomic E-state index is 0.0159. The van der Waals surface area contributed by atoms with Crippen molar-refractivity contribution >= 4 is 27.3 Å². The molecule has 0 spiro atoms. The topological polar surface area (TPSA) is 183 Å². The Hall–Kier alpha value is -4.27. The Bertz CT molecular complexity index is 1630. The molecule has 0 aliphatic heterocycles. The van der Waals surface area contributed by atoms with Gasteiger partial charge in [-0.15, -0.1) is 16.4 Å². The molecule has 2 aromatic carbocycles. The molecule has 14 heteroatoms. The first-order valence-electron chi connectivity index (χ1n) is 10.5. The van der Waals surface area contributed by atoms with Gasteiger partial charge in [0.1, 0.15) is 0 Å². The van der Waals surface area contributed by atoms with E-state index in [1.165, 1.54) is 17.5 Å². The van der Waals surface area contributed by atoms with Gasteiger partial charge in [-0.1, -0.05) is 42.5 Å². The third-order valence-corrected chi connectivity index (χ3v) is 7.13. The highest BCUT2D eigenvalue weighted by Gasteiger charge is 2.24. The number of hydrogen-bond donors (Lipinski definition) is 3. The molecule has 5 aromatic rings. The van der Waals surface area contributed by atoms with Crippen LogP contribution in [0.1, 0.15) is 33.1 Å². The van der Waals surface area contributed by atoms with Gasteiger partial charge in [0.25, 0.3) is 0 Å². The molecule has 0 amide bonds. The highest BCUT2D eigenvalue weighted by molar-refractivity contribution is 7.89. The maximum Gasteiger partial charge on any atom is 0.355 e. The quantitative estimate of drug-likeness (QED) is 0.274. The Kier molecular flexibility index (Phi) is 6.13. The van der Waals surface area contributed by atoms with Gasteiger partial charge < -0.3 is 5.11 Å². The lowest BCUT2D eigenvalue weighted by Gasteiger charge is -2.08. The van der Waals surface area contributed by atoms with E-state index in [2.05, 4.69) is 25.6 Å². The van der Waals surface area contributed by atoms with Gasteiger partial charge in [-0.3, -0.25) is 0 Å². The Morgan fingerprint density at radius 1 is 1.08 bits per heavy atom. The van der Waals surface area contributed by atoms with E-state index in [1.807, 2.05) is 30.3 Å². The standard InChI is InChI=1S/C22H18N8O4S2/c23-36(33,34)15-8-6-13(7-9-15)10-16-18(11-19-25-28-29-26-19)30(22-24-17(12-35-22)21(31)32)27-20(16)14-4-2-1-3-5-14/h1-9,12H,10-11H2,(H,31,32)(H2,23,33,34)(H,25,26,28,29). The molecule has 12 nitrogen and oxygen atoms in total. The molecule has 0 atom stereocenters. The normalized spacial score (nSPS) is 11.6. The molecule has 0 saturated heterocycles. The fourth-order valence-electron chi connectivity index (χ4n) is 3.71. The van der Waals surface area contributed by atoms with Crippen LogP contribution in [0.15, 0.2) is 64.9 Å². The second-order valence-corrected chi connectivity index (χ2v) is 10.2. The third kappa shape index (κ3) is 4.77. The van der Waals surface area contributed by atoms with E-state index in [0.717, 1.165) is 28.0 Å². The zero-order valence-corrected chi connectivity index (χ0v) is 20.1. The SMILES string of the molecule is NS(=O)(=O)c1ccc(Cc2c(-c3ccccc3)nn(-c3nc(C(=O)O)cs3)c2Cc2nnn[nH]2)cc1. The van der Waals surface area contributed by atoms with E-state index in [9.17, 15) is 18.3 Å². The van der Waals surface area contributed by atoms with Crippen molar-refractivity contribution in [1.82, 2.24) is 35.4 Å². The minimum Gasteiger partial charge on any atom is -0.476 e. The summed E-state index contributed by atoms with van der Waals surface area (Å²) in [5, 5.41) is 35.3. The molecular formula is C22H18N8O4S2. The first-order chi connectivity index (χ1) is 17.3. The molecule has 0 radical (unpaired) electrons. The van der Waals surface area contributed by atoms with Crippen molar-refractivity contribution in [3.05, 3.63) is 88.3 Å². The van der Waals surface area contributed by atoms with Crippen molar-refractivity contribution in [2.45, 2.75) is 17.7 Å². The van der Waals surface area contributed by atoms with Crippen LogP contribution in [0.4, 0.5) is 0 Å². The lowest BCUT2D eigenvalue weighted by molar-refractivity contribution is 0.0691. The molecular weight excluding hydrogens is 504 g/mol. The van der Waals surface area contributed by atoms with Crippen molar-refractivity contribution < 1.29 is 18.3 Å². The van der Waals surface area contributed by atoms with Crippen LogP contribution in [0.3, 0.4) is 0 Å². The largest absolute Gasteiger partial charge is 0.476 e. The summed E-state index contributed by atoms with van der Waals surface area (Å²) in [5.74, 6) is -0.652. The molecule has 36 heavy (non-hydrogen) atoms. The van der Waals surface area contributed by atoms with E-state index >= 15 is 0 Å². The Labute approximate surface area is 208 Å². The van der Waals surface area contributed by atoms with Crippen LogP contribution in [-0.4, -0.2) is 54.9 Å². The third-order valence-electron chi connectivity index (χ3n) is 5.39. The predicted octanol–water partition coefficient (Wildman–Crippen LogP) is 2.04. The van der Waals surface area contributed by atoms with Gasteiger partial charge in [-0.25, -0.2) is 33.1 Å². The number of thiazole rings is 1. The van der Waals surface area contributed by atoms with Crippen LogP contribution < -0.4 is 5.14 Å². The average Bonchev–Trinajstić information content (AvgIpc) is 3.61. The molecule has 0 aliphatic rings. The second-order valence-electron chi connectivity index (χ2n) is 7.76. The van der Waals surface area contributed by atoms with Gasteiger partial charge in [0.15, 0.2) is 11.5 Å².